The van der Waals surface area contributed by atoms with E-state index in [1.54, 1.807) is 11.3 Å². The summed E-state index contributed by atoms with van der Waals surface area (Å²) in [6.07, 6.45) is 1.05. The summed E-state index contributed by atoms with van der Waals surface area (Å²) in [6, 6.07) is 8.27. The van der Waals surface area contributed by atoms with Gasteiger partial charge >= 0.3 is 0 Å². The second-order valence-electron chi connectivity index (χ2n) is 3.94. The average Bonchev–Trinajstić information content (AvgIpc) is 2.78. The molecule has 0 fully saturated rings. The van der Waals surface area contributed by atoms with Crippen LogP contribution in [0.25, 0.3) is 0 Å². The Bertz CT molecular complexity index is 494. The highest BCUT2D eigenvalue weighted by atomic mass is 79.9. The highest BCUT2D eigenvalue weighted by molar-refractivity contribution is 9.10. The average molecular weight is 311 g/mol. The summed E-state index contributed by atoms with van der Waals surface area (Å²) in [4.78, 5) is 1.40. The first-order valence-electron chi connectivity index (χ1n) is 5.48. The van der Waals surface area contributed by atoms with Crippen LogP contribution in [0.5, 0.6) is 0 Å². The lowest BCUT2D eigenvalue weighted by Gasteiger charge is -2.10. The molecule has 0 unspecified atom stereocenters. The lowest BCUT2D eigenvalue weighted by molar-refractivity contribution is 1.04. The molecule has 0 bridgehead atoms. The second-order valence-corrected chi connectivity index (χ2v) is 5.83. The number of nitrogens with one attached hydrogen (secondary N) is 1. The topological polar surface area (TPSA) is 38.0 Å². The first kappa shape index (κ1) is 12.5. The maximum atomic E-state index is 5.84. The Hall–Kier alpha value is -1.00. The van der Waals surface area contributed by atoms with Crippen LogP contribution < -0.4 is 11.1 Å². The molecule has 0 saturated carbocycles. The maximum Gasteiger partial charge on any atom is 0.0488 e. The van der Waals surface area contributed by atoms with Crippen LogP contribution in [-0.2, 0) is 6.42 Å². The quantitative estimate of drug-likeness (QED) is 0.836. The van der Waals surface area contributed by atoms with Crippen molar-refractivity contribution in [2.75, 3.05) is 17.6 Å². The fourth-order valence-electron chi connectivity index (χ4n) is 1.61. The minimum Gasteiger partial charge on any atom is -0.398 e. The van der Waals surface area contributed by atoms with Gasteiger partial charge in [-0.1, -0.05) is 6.07 Å². The van der Waals surface area contributed by atoms with Gasteiger partial charge in [0.05, 0.1) is 0 Å². The molecular formula is C13H15BrN2S. The maximum absolute atomic E-state index is 5.84. The van der Waals surface area contributed by atoms with Gasteiger partial charge in [-0.2, -0.15) is 0 Å². The van der Waals surface area contributed by atoms with E-state index in [9.17, 15) is 0 Å². The molecule has 17 heavy (non-hydrogen) atoms. The Morgan fingerprint density at radius 3 is 2.94 bits per heavy atom. The number of anilines is 2. The van der Waals surface area contributed by atoms with E-state index in [4.69, 9.17) is 5.73 Å². The molecule has 0 atom stereocenters. The minimum absolute atomic E-state index is 0.820. The lowest BCUT2D eigenvalue weighted by atomic mass is 10.2. The number of benzene rings is 1. The van der Waals surface area contributed by atoms with E-state index in [0.29, 0.717) is 0 Å². The highest BCUT2D eigenvalue weighted by Crippen LogP contribution is 2.27. The van der Waals surface area contributed by atoms with E-state index >= 15 is 0 Å². The molecule has 2 aromatic rings. The molecule has 2 rings (SSSR count). The van der Waals surface area contributed by atoms with Crippen LogP contribution in [0, 0.1) is 6.92 Å². The number of halogens is 1. The molecule has 0 spiro atoms. The van der Waals surface area contributed by atoms with Crippen molar-refractivity contribution in [3.63, 3.8) is 0 Å². The molecule has 0 aliphatic rings. The number of aryl methyl sites for hydroxylation is 1. The van der Waals surface area contributed by atoms with E-state index in [1.807, 2.05) is 13.0 Å². The fraction of sp³-hybridized carbons (Fsp3) is 0.231. The molecule has 1 aromatic carbocycles. The van der Waals surface area contributed by atoms with Crippen molar-refractivity contribution in [2.24, 2.45) is 0 Å². The van der Waals surface area contributed by atoms with Crippen molar-refractivity contribution >= 4 is 38.6 Å². The first-order valence-corrected chi connectivity index (χ1v) is 7.16. The Morgan fingerprint density at radius 2 is 2.24 bits per heavy atom. The summed E-state index contributed by atoms with van der Waals surface area (Å²) in [7, 11) is 0. The van der Waals surface area contributed by atoms with Crippen molar-refractivity contribution in [2.45, 2.75) is 13.3 Å². The van der Waals surface area contributed by atoms with E-state index in [0.717, 1.165) is 34.4 Å². The zero-order chi connectivity index (χ0) is 12.3. The Balaban J connectivity index is 1.97. The summed E-state index contributed by atoms with van der Waals surface area (Å²) in [5.74, 6) is 0. The lowest BCUT2D eigenvalue weighted by Crippen LogP contribution is -2.05. The van der Waals surface area contributed by atoms with E-state index in [2.05, 4.69) is 44.8 Å². The van der Waals surface area contributed by atoms with E-state index in [1.165, 1.54) is 4.88 Å². The summed E-state index contributed by atoms with van der Waals surface area (Å²) < 4.78 is 1.02. The summed E-state index contributed by atoms with van der Waals surface area (Å²) in [5.41, 5.74) is 8.87. The normalized spacial score (nSPS) is 10.5. The first-order chi connectivity index (χ1) is 8.16. The van der Waals surface area contributed by atoms with Gasteiger partial charge in [0.2, 0.25) is 0 Å². The van der Waals surface area contributed by atoms with Crippen LogP contribution in [0.3, 0.4) is 0 Å². The van der Waals surface area contributed by atoms with Crippen LogP contribution in [0.2, 0.25) is 0 Å². The molecule has 90 valence electrons. The van der Waals surface area contributed by atoms with E-state index in [-0.39, 0.29) is 0 Å². The molecule has 0 amide bonds. The fourth-order valence-corrected chi connectivity index (χ4v) is 2.82. The van der Waals surface area contributed by atoms with Gasteiger partial charge in [0.25, 0.3) is 0 Å². The van der Waals surface area contributed by atoms with Gasteiger partial charge in [0.15, 0.2) is 0 Å². The Morgan fingerprint density at radius 1 is 1.41 bits per heavy atom. The molecule has 1 aromatic heterocycles. The van der Waals surface area contributed by atoms with Gasteiger partial charge in [-0.15, -0.1) is 11.3 Å². The van der Waals surface area contributed by atoms with Crippen LogP contribution >= 0.6 is 27.3 Å². The van der Waals surface area contributed by atoms with Gasteiger partial charge in [-0.05, 0) is 58.4 Å². The van der Waals surface area contributed by atoms with Gasteiger partial charge in [0.1, 0.15) is 0 Å². The smallest absolute Gasteiger partial charge is 0.0488 e. The third kappa shape index (κ3) is 3.23. The number of rotatable bonds is 4. The largest absolute Gasteiger partial charge is 0.398 e. The standard InChI is InChI=1S/C13H15BrN2S/c1-9-7-13(11(14)8-12(9)15)16-5-4-10-3-2-6-17-10/h2-3,6-8,16H,4-5,15H2,1H3. The third-order valence-corrected chi connectivity index (χ3v) is 4.21. The second kappa shape index (κ2) is 5.56. The van der Waals surface area contributed by atoms with Gasteiger partial charge in [0, 0.05) is 27.3 Å². The number of hydrogen-bond acceptors (Lipinski definition) is 3. The molecule has 0 saturated heterocycles. The zero-order valence-corrected chi connectivity index (χ0v) is 12.1. The third-order valence-electron chi connectivity index (χ3n) is 2.62. The molecule has 2 nitrogen and oxygen atoms in total. The predicted octanol–water partition coefficient (Wildman–Crippen LogP) is 4.06. The summed E-state index contributed by atoms with van der Waals surface area (Å²) in [6.45, 7) is 2.95. The van der Waals surface area contributed by atoms with Crippen molar-refractivity contribution in [1.82, 2.24) is 0 Å². The van der Waals surface area contributed by atoms with Crippen LogP contribution in [0.15, 0.2) is 34.1 Å². The number of thiophene rings is 1. The van der Waals surface area contributed by atoms with Gasteiger partial charge in [-0.25, -0.2) is 0 Å². The van der Waals surface area contributed by atoms with E-state index < -0.39 is 0 Å². The number of hydrogen-bond donors (Lipinski definition) is 2. The van der Waals surface area contributed by atoms with Crippen LogP contribution in [0.4, 0.5) is 11.4 Å². The number of nitrogen functional groups attached to an aromatic ring is 1. The summed E-state index contributed by atoms with van der Waals surface area (Å²) in [5, 5.41) is 5.53. The molecule has 0 aliphatic carbocycles. The monoisotopic (exact) mass is 310 g/mol. The zero-order valence-electron chi connectivity index (χ0n) is 9.66. The Labute approximate surface area is 114 Å². The van der Waals surface area contributed by atoms with Crippen molar-refractivity contribution < 1.29 is 0 Å². The molecule has 3 N–H and O–H groups in total. The minimum atomic E-state index is 0.820. The highest BCUT2D eigenvalue weighted by Gasteiger charge is 2.03. The van der Waals surface area contributed by atoms with Crippen molar-refractivity contribution in [3.8, 4) is 0 Å². The SMILES string of the molecule is Cc1cc(NCCc2cccs2)c(Br)cc1N. The van der Waals surface area contributed by atoms with Crippen LogP contribution in [-0.4, -0.2) is 6.54 Å². The molecular weight excluding hydrogens is 296 g/mol. The molecule has 0 radical (unpaired) electrons. The van der Waals surface area contributed by atoms with Crippen molar-refractivity contribution in [3.05, 3.63) is 44.6 Å². The van der Waals surface area contributed by atoms with Crippen LogP contribution in [0.1, 0.15) is 10.4 Å². The number of nitrogens with two attached hydrogens (primary N) is 1. The van der Waals surface area contributed by atoms with Crippen molar-refractivity contribution in [1.29, 1.82) is 0 Å². The molecule has 0 aliphatic heterocycles. The van der Waals surface area contributed by atoms with Gasteiger partial charge < -0.3 is 11.1 Å². The summed E-state index contributed by atoms with van der Waals surface area (Å²) >= 11 is 5.32. The Kier molecular flexibility index (Phi) is 4.07. The molecule has 1 heterocycles. The van der Waals surface area contributed by atoms with Gasteiger partial charge in [-0.3, -0.25) is 0 Å². The molecule has 4 heteroatoms. The predicted molar refractivity (Wildman–Crippen MR) is 79.8 cm³/mol.